The Bertz CT molecular complexity index is 1520. The first-order valence-electron chi connectivity index (χ1n) is 13.6. The Morgan fingerprint density at radius 1 is 0.921 bits per heavy atom. The number of benzene rings is 3. The summed E-state index contributed by atoms with van der Waals surface area (Å²) < 4.78 is 16.5. The normalized spacial score (nSPS) is 21.6. The molecule has 0 radical (unpaired) electrons. The van der Waals surface area contributed by atoms with Gasteiger partial charge in [0, 0.05) is 61.7 Å². The molecule has 3 fully saturated rings. The van der Waals surface area contributed by atoms with Crippen molar-refractivity contribution >= 4 is 33.4 Å². The van der Waals surface area contributed by atoms with Crippen molar-refractivity contribution in [1.82, 2.24) is 20.2 Å². The van der Waals surface area contributed by atoms with Crippen LogP contribution in [0.3, 0.4) is 0 Å². The van der Waals surface area contributed by atoms with E-state index < -0.39 is 0 Å². The Morgan fingerprint density at radius 3 is 2.45 bits per heavy atom. The van der Waals surface area contributed by atoms with Gasteiger partial charge in [-0.1, -0.05) is 30.3 Å². The summed E-state index contributed by atoms with van der Waals surface area (Å²) in [5.74, 6) is 1.73. The summed E-state index contributed by atoms with van der Waals surface area (Å²) in [5, 5.41) is 16.6. The van der Waals surface area contributed by atoms with Gasteiger partial charge in [0.1, 0.15) is 17.1 Å². The van der Waals surface area contributed by atoms with Crippen molar-refractivity contribution in [2.45, 2.75) is 24.9 Å². The van der Waals surface area contributed by atoms with Crippen molar-refractivity contribution in [1.29, 1.82) is 0 Å². The maximum atomic E-state index is 16.5. The molecule has 4 heterocycles. The number of rotatable bonds is 5. The van der Waals surface area contributed by atoms with E-state index in [0.29, 0.717) is 40.6 Å². The number of phenols is 1. The summed E-state index contributed by atoms with van der Waals surface area (Å²) in [6, 6.07) is 15.8. The van der Waals surface area contributed by atoms with Gasteiger partial charge in [0.25, 0.3) is 0 Å². The SMILES string of the molecule is CN(C)CC1CN(c2nc(N3CC4CCC(C3)N4)c3ccc(-c4cc(O)cc5ccccc45)c(F)c3n2)C1. The maximum Gasteiger partial charge on any atom is 0.228 e. The van der Waals surface area contributed by atoms with Gasteiger partial charge in [0.15, 0.2) is 5.82 Å². The van der Waals surface area contributed by atoms with E-state index in [1.165, 1.54) is 12.8 Å². The minimum atomic E-state index is -0.369. The third-order valence-corrected chi connectivity index (χ3v) is 8.29. The Labute approximate surface area is 221 Å². The predicted molar refractivity (Wildman–Crippen MR) is 151 cm³/mol. The molecule has 0 saturated carbocycles. The van der Waals surface area contributed by atoms with E-state index in [-0.39, 0.29) is 11.6 Å². The van der Waals surface area contributed by atoms with Crippen LogP contribution in [-0.2, 0) is 0 Å². The molecule has 0 aliphatic carbocycles. The molecule has 3 aliphatic rings. The summed E-state index contributed by atoms with van der Waals surface area (Å²) in [7, 11) is 4.18. The number of halogens is 1. The lowest BCUT2D eigenvalue weighted by atomic mass is 9.96. The van der Waals surface area contributed by atoms with Crippen LogP contribution in [0, 0.1) is 11.7 Å². The zero-order valence-corrected chi connectivity index (χ0v) is 21.9. The fraction of sp³-hybridized carbons (Fsp3) is 0.400. The second-order valence-electron chi connectivity index (χ2n) is 11.5. The van der Waals surface area contributed by atoms with Crippen molar-refractivity contribution in [2.24, 2.45) is 5.92 Å². The molecule has 0 spiro atoms. The Balaban J connectivity index is 1.36. The van der Waals surface area contributed by atoms with Crippen LogP contribution in [0.5, 0.6) is 5.75 Å². The fourth-order valence-corrected chi connectivity index (χ4v) is 6.58. The minimum absolute atomic E-state index is 0.117. The lowest BCUT2D eigenvalue weighted by molar-refractivity contribution is 0.281. The van der Waals surface area contributed by atoms with Crippen molar-refractivity contribution < 1.29 is 9.50 Å². The van der Waals surface area contributed by atoms with Gasteiger partial charge in [-0.2, -0.15) is 4.98 Å². The van der Waals surface area contributed by atoms with Crippen LogP contribution in [0.2, 0.25) is 0 Å². The summed E-state index contributed by atoms with van der Waals surface area (Å²) in [4.78, 5) is 16.6. The Hall–Kier alpha value is -3.49. The number of piperazine rings is 1. The highest BCUT2D eigenvalue weighted by molar-refractivity contribution is 6.01. The van der Waals surface area contributed by atoms with Crippen molar-refractivity contribution in [3.05, 3.63) is 54.3 Å². The molecule has 2 bridgehead atoms. The summed E-state index contributed by atoms with van der Waals surface area (Å²) in [6.07, 6.45) is 2.33. The molecule has 196 valence electrons. The molecule has 8 heteroatoms. The van der Waals surface area contributed by atoms with E-state index in [0.717, 1.165) is 54.7 Å². The number of nitrogens with one attached hydrogen (secondary N) is 1. The van der Waals surface area contributed by atoms with E-state index >= 15 is 4.39 Å². The smallest absolute Gasteiger partial charge is 0.228 e. The van der Waals surface area contributed by atoms with Crippen molar-refractivity contribution in [3.63, 3.8) is 0 Å². The van der Waals surface area contributed by atoms with Gasteiger partial charge in [-0.25, -0.2) is 9.37 Å². The van der Waals surface area contributed by atoms with Crippen molar-refractivity contribution in [3.8, 4) is 16.9 Å². The van der Waals surface area contributed by atoms with Crippen LogP contribution in [0.4, 0.5) is 16.2 Å². The Morgan fingerprint density at radius 2 is 1.68 bits per heavy atom. The molecule has 3 aromatic carbocycles. The zero-order valence-electron chi connectivity index (χ0n) is 21.9. The van der Waals surface area contributed by atoms with E-state index in [1.54, 1.807) is 12.1 Å². The predicted octanol–water partition coefficient (Wildman–Crippen LogP) is 4.23. The number of nitrogens with zero attached hydrogens (tertiary/aromatic N) is 5. The summed E-state index contributed by atoms with van der Waals surface area (Å²) >= 11 is 0. The van der Waals surface area contributed by atoms with Gasteiger partial charge in [-0.15, -0.1) is 0 Å². The molecular weight excluding hydrogens is 479 g/mol. The van der Waals surface area contributed by atoms with Gasteiger partial charge >= 0.3 is 0 Å². The highest BCUT2D eigenvalue weighted by Gasteiger charge is 2.35. The highest BCUT2D eigenvalue weighted by Crippen LogP contribution is 2.39. The van der Waals surface area contributed by atoms with Crippen LogP contribution in [0.25, 0.3) is 32.8 Å². The molecular formula is C30H33FN6O. The molecule has 2 N–H and O–H groups in total. The molecule has 2 atom stereocenters. The first-order valence-corrected chi connectivity index (χ1v) is 13.6. The lowest BCUT2D eigenvalue weighted by Crippen LogP contribution is -2.52. The third-order valence-electron chi connectivity index (χ3n) is 8.29. The number of anilines is 2. The van der Waals surface area contributed by atoms with Gasteiger partial charge in [-0.3, -0.25) is 0 Å². The molecule has 7 rings (SSSR count). The minimum Gasteiger partial charge on any atom is -0.508 e. The van der Waals surface area contributed by atoms with Crippen molar-refractivity contribution in [2.75, 3.05) is 56.6 Å². The van der Waals surface area contributed by atoms with Gasteiger partial charge in [-0.05, 0) is 61.5 Å². The summed E-state index contributed by atoms with van der Waals surface area (Å²) in [5.41, 5.74) is 1.45. The van der Waals surface area contributed by atoms with E-state index in [2.05, 4.69) is 34.1 Å². The molecule has 7 nitrogen and oxygen atoms in total. The average Bonchev–Trinajstić information content (AvgIpc) is 3.22. The van der Waals surface area contributed by atoms with E-state index in [4.69, 9.17) is 9.97 Å². The average molecular weight is 513 g/mol. The lowest BCUT2D eigenvalue weighted by Gasteiger charge is -2.41. The third kappa shape index (κ3) is 4.03. The molecule has 38 heavy (non-hydrogen) atoms. The number of aromatic nitrogens is 2. The number of phenolic OH excluding ortho intramolecular Hbond substituents is 1. The van der Waals surface area contributed by atoms with Crippen LogP contribution in [-0.4, -0.2) is 78.9 Å². The molecule has 2 unspecified atom stereocenters. The van der Waals surface area contributed by atoms with Crippen LogP contribution in [0.15, 0.2) is 48.5 Å². The molecule has 3 aliphatic heterocycles. The topological polar surface area (TPSA) is 67.8 Å². The second kappa shape index (κ2) is 9.06. The molecule has 0 amide bonds. The summed E-state index contributed by atoms with van der Waals surface area (Å²) in [6.45, 7) is 4.49. The first kappa shape index (κ1) is 23.6. The zero-order chi connectivity index (χ0) is 26.0. The molecule has 3 saturated heterocycles. The van der Waals surface area contributed by atoms with E-state index in [1.807, 2.05) is 36.4 Å². The van der Waals surface area contributed by atoms with Gasteiger partial charge in [0.05, 0.1) is 0 Å². The standard InChI is InChI=1S/C30H33FN6O/c1-35(2)13-18-14-37(15-18)30-33-28-25(29(34-30)36-16-20-7-8-21(17-36)32-20)10-9-24(27(28)31)26-12-22(38)11-19-5-3-4-6-23(19)26/h3-6,9-12,18,20-21,32,38H,7-8,13-17H2,1-2H3. The molecule has 1 aromatic heterocycles. The fourth-order valence-electron chi connectivity index (χ4n) is 6.58. The quantitative estimate of drug-likeness (QED) is 0.415. The van der Waals surface area contributed by atoms with Gasteiger partial charge in [0.2, 0.25) is 5.95 Å². The first-order chi connectivity index (χ1) is 18.4. The monoisotopic (exact) mass is 512 g/mol. The van der Waals surface area contributed by atoms with Gasteiger partial charge < -0.3 is 25.1 Å². The second-order valence-corrected chi connectivity index (χ2v) is 11.5. The number of fused-ring (bicyclic) bond motifs is 4. The number of aromatic hydroxyl groups is 1. The Kier molecular flexibility index (Phi) is 5.63. The number of hydrogen-bond donors (Lipinski definition) is 2. The maximum absolute atomic E-state index is 16.5. The van der Waals surface area contributed by atoms with E-state index in [9.17, 15) is 5.11 Å². The van der Waals surface area contributed by atoms with Crippen LogP contribution in [0.1, 0.15) is 12.8 Å². The number of hydrogen-bond acceptors (Lipinski definition) is 7. The highest BCUT2D eigenvalue weighted by atomic mass is 19.1. The van der Waals surface area contributed by atoms with Crippen LogP contribution < -0.4 is 15.1 Å². The van der Waals surface area contributed by atoms with Crippen LogP contribution >= 0.6 is 0 Å². The largest absolute Gasteiger partial charge is 0.508 e. The molecule has 4 aromatic rings.